The Hall–Kier alpha value is -0.260. The van der Waals surface area contributed by atoms with Gasteiger partial charge in [0.2, 0.25) is 0 Å². The van der Waals surface area contributed by atoms with Crippen LogP contribution in [0.25, 0.3) is 0 Å². The van der Waals surface area contributed by atoms with E-state index in [0.29, 0.717) is 0 Å². The summed E-state index contributed by atoms with van der Waals surface area (Å²) in [5.74, 6) is 2.59. The van der Waals surface area contributed by atoms with E-state index in [9.17, 15) is 0 Å². The minimum absolute atomic E-state index is 0.262. The van der Waals surface area contributed by atoms with E-state index in [1.807, 2.05) is 0 Å². The first-order valence-electron chi connectivity index (χ1n) is 10.3. The molecular formula is C22H37. The van der Waals surface area contributed by atoms with Crippen molar-refractivity contribution in [2.75, 3.05) is 0 Å². The quantitative estimate of drug-likeness (QED) is 0.485. The molecule has 0 N–H and O–H groups in total. The van der Waals surface area contributed by atoms with Gasteiger partial charge in [0.25, 0.3) is 0 Å². The Bertz CT molecular complexity index is 317. The molecule has 0 amide bonds. The molecule has 0 atom stereocenters. The van der Waals surface area contributed by atoms with Gasteiger partial charge in [0.1, 0.15) is 0 Å². The van der Waals surface area contributed by atoms with E-state index in [4.69, 9.17) is 6.92 Å². The molecule has 0 bridgehead atoms. The molecule has 1 radical (unpaired) electrons. The predicted molar refractivity (Wildman–Crippen MR) is 96.7 cm³/mol. The van der Waals surface area contributed by atoms with Gasteiger partial charge in [0, 0.05) is 0 Å². The largest absolute Gasteiger partial charge is 0.0848 e. The Labute approximate surface area is 139 Å². The van der Waals surface area contributed by atoms with Crippen LogP contribution in [-0.2, 0) is 0 Å². The fourth-order valence-corrected chi connectivity index (χ4v) is 5.53. The van der Waals surface area contributed by atoms with Gasteiger partial charge >= 0.3 is 0 Å². The summed E-state index contributed by atoms with van der Waals surface area (Å²) in [6.07, 6.45) is 27.0. The lowest BCUT2D eigenvalue weighted by Crippen LogP contribution is -2.36. The van der Waals surface area contributed by atoms with Crippen LogP contribution in [0, 0.1) is 30.1 Å². The molecule has 0 saturated heterocycles. The zero-order valence-corrected chi connectivity index (χ0v) is 14.7. The zero-order chi connectivity index (χ0) is 15.3. The normalized spacial score (nSPS) is 27.5. The molecule has 0 aromatic carbocycles. The first kappa shape index (κ1) is 16.6. The fraction of sp³-hybridized carbons (Fsp3) is 0.864. The molecule has 0 heteroatoms. The Kier molecular flexibility index (Phi) is 6.05. The van der Waals surface area contributed by atoms with Crippen molar-refractivity contribution in [2.45, 2.75) is 96.3 Å². The van der Waals surface area contributed by atoms with Crippen molar-refractivity contribution < 1.29 is 0 Å². The Balaban J connectivity index is 1.73. The molecule has 0 aromatic heterocycles. The maximum absolute atomic E-state index is 4.91. The van der Waals surface area contributed by atoms with Crippen molar-refractivity contribution in [3.8, 4) is 0 Å². The van der Waals surface area contributed by atoms with Gasteiger partial charge in [-0.1, -0.05) is 69.9 Å². The molecule has 0 aromatic rings. The van der Waals surface area contributed by atoms with Gasteiger partial charge in [-0.25, -0.2) is 0 Å². The van der Waals surface area contributed by atoms with E-state index in [-0.39, 0.29) is 5.41 Å². The van der Waals surface area contributed by atoms with E-state index in [0.717, 1.165) is 17.8 Å². The number of hydrogen-bond donors (Lipinski definition) is 0. The van der Waals surface area contributed by atoms with E-state index in [1.165, 1.54) is 96.3 Å². The van der Waals surface area contributed by atoms with Crippen molar-refractivity contribution in [3.05, 3.63) is 19.1 Å². The van der Waals surface area contributed by atoms with Crippen LogP contribution in [0.3, 0.4) is 0 Å². The summed E-state index contributed by atoms with van der Waals surface area (Å²) in [5, 5.41) is 0. The van der Waals surface area contributed by atoms with Crippen LogP contribution in [0.4, 0.5) is 0 Å². The third kappa shape index (κ3) is 3.98. The van der Waals surface area contributed by atoms with Gasteiger partial charge in [-0.3, -0.25) is 0 Å². The molecule has 0 aliphatic heterocycles. The molecule has 0 spiro atoms. The minimum Gasteiger partial charge on any atom is -0.0848 e. The van der Waals surface area contributed by atoms with Gasteiger partial charge < -0.3 is 0 Å². The van der Waals surface area contributed by atoms with Gasteiger partial charge in [-0.2, -0.15) is 0 Å². The van der Waals surface area contributed by atoms with Crippen LogP contribution in [0.5, 0.6) is 0 Å². The van der Waals surface area contributed by atoms with Crippen LogP contribution >= 0.6 is 0 Å². The van der Waals surface area contributed by atoms with Crippen LogP contribution in [0.15, 0.2) is 12.2 Å². The molecule has 22 heavy (non-hydrogen) atoms. The maximum atomic E-state index is 4.91. The van der Waals surface area contributed by atoms with E-state index in [1.54, 1.807) is 0 Å². The highest BCUT2D eigenvalue weighted by atomic mass is 14.4. The molecule has 0 nitrogen and oxygen atoms in total. The third-order valence-electron chi connectivity index (χ3n) is 7.06. The Morgan fingerprint density at radius 1 is 0.591 bits per heavy atom. The third-order valence-corrected chi connectivity index (χ3v) is 7.06. The zero-order valence-electron chi connectivity index (χ0n) is 14.7. The molecule has 3 saturated carbocycles. The van der Waals surface area contributed by atoms with Crippen LogP contribution in [-0.4, -0.2) is 0 Å². The minimum atomic E-state index is 0.262. The molecule has 0 unspecified atom stereocenters. The Morgan fingerprint density at radius 3 is 1.45 bits per heavy atom. The molecule has 0 heterocycles. The maximum Gasteiger partial charge on any atom is -0.00613 e. The average molecular weight is 302 g/mol. The molecule has 125 valence electrons. The second kappa shape index (κ2) is 8.02. The highest BCUT2D eigenvalue weighted by Gasteiger charge is 2.40. The topological polar surface area (TPSA) is 0 Å². The second-order valence-corrected chi connectivity index (χ2v) is 8.54. The second-order valence-electron chi connectivity index (χ2n) is 8.54. The lowest BCUT2D eigenvalue weighted by molar-refractivity contribution is 0.111. The summed E-state index contributed by atoms with van der Waals surface area (Å²) in [5.41, 5.74) is 0.262. The van der Waals surface area contributed by atoms with Gasteiger partial charge in [0.15, 0.2) is 0 Å². The van der Waals surface area contributed by atoms with Crippen LogP contribution in [0.2, 0.25) is 0 Å². The molecule has 3 aliphatic carbocycles. The van der Waals surface area contributed by atoms with Crippen LogP contribution < -0.4 is 0 Å². The first-order valence-corrected chi connectivity index (χ1v) is 10.3. The number of allylic oxidation sites excluding steroid dienone is 2. The lowest BCUT2D eigenvalue weighted by Gasteiger charge is -2.45. The highest BCUT2D eigenvalue weighted by Crippen LogP contribution is 2.49. The molecule has 3 fully saturated rings. The summed E-state index contributed by atoms with van der Waals surface area (Å²) in [7, 11) is 0. The molecule has 3 rings (SSSR count). The predicted octanol–water partition coefficient (Wildman–Crippen LogP) is 7.10. The molecule has 3 aliphatic rings. The van der Waals surface area contributed by atoms with Crippen molar-refractivity contribution in [3.63, 3.8) is 0 Å². The summed E-state index contributed by atoms with van der Waals surface area (Å²) in [6, 6.07) is 0. The summed E-state index contributed by atoms with van der Waals surface area (Å²) in [4.78, 5) is 0. The number of rotatable bonds is 4. The standard InChI is InChI=1S/C22H37/c1-22(20-13-7-3-8-14-20,21-15-9-4-10-16-21)18-17-19-11-5-2-6-12-19/h17-21H,1-16H2. The van der Waals surface area contributed by atoms with Crippen LogP contribution in [0.1, 0.15) is 96.3 Å². The van der Waals surface area contributed by atoms with Gasteiger partial charge in [-0.05, 0) is 68.6 Å². The summed E-state index contributed by atoms with van der Waals surface area (Å²) >= 11 is 0. The smallest absolute Gasteiger partial charge is 0.00613 e. The fourth-order valence-electron chi connectivity index (χ4n) is 5.53. The average Bonchev–Trinajstić information content (AvgIpc) is 2.62. The van der Waals surface area contributed by atoms with Crippen molar-refractivity contribution in [1.29, 1.82) is 0 Å². The highest BCUT2D eigenvalue weighted by molar-refractivity contribution is 5.10. The Morgan fingerprint density at radius 2 is 1.00 bits per heavy atom. The van der Waals surface area contributed by atoms with Crippen molar-refractivity contribution in [2.24, 2.45) is 23.2 Å². The SMILES string of the molecule is [CH2]C(C=CC1CCCCC1)(C1CCCCC1)C1CCCCC1. The van der Waals surface area contributed by atoms with E-state index in [2.05, 4.69) is 12.2 Å². The molecular weight excluding hydrogens is 264 g/mol. The first-order chi connectivity index (χ1) is 10.8. The van der Waals surface area contributed by atoms with Gasteiger partial charge in [-0.15, -0.1) is 0 Å². The monoisotopic (exact) mass is 301 g/mol. The summed E-state index contributed by atoms with van der Waals surface area (Å²) in [6.45, 7) is 4.91. The van der Waals surface area contributed by atoms with E-state index < -0.39 is 0 Å². The lowest BCUT2D eigenvalue weighted by atomic mass is 9.59. The number of hydrogen-bond acceptors (Lipinski definition) is 0. The summed E-state index contributed by atoms with van der Waals surface area (Å²) < 4.78 is 0. The van der Waals surface area contributed by atoms with Crippen molar-refractivity contribution >= 4 is 0 Å². The van der Waals surface area contributed by atoms with E-state index >= 15 is 0 Å². The van der Waals surface area contributed by atoms with Gasteiger partial charge in [0.05, 0.1) is 0 Å². The van der Waals surface area contributed by atoms with Crippen molar-refractivity contribution in [1.82, 2.24) is 0 Å².